The number of fused-ring (bicyclic) bond motifs is 5. The van der Waals surface area contributed by atoms with E-state index in [4.69, 9.17) is 14.2 Å². The Labute approximate surface area is 258 Å². The van der Waals surface area contributed by atoms with E-state index in [2.05, 4.69) is 58.3 Å². The number of rotatable bonds is 1. The lowest BCUT2D eigenvalue weighted by atomic mass is 9.40. The lowest BCUT2D eigenvalue weighted by Gasteiger charge is -2.66. The van der Waals surface area contributed by atoms with Gasteiger partial charge < -0.3 is 29.4 Å². The summed E-state index contributed by atoms with van der Waals surface area (Å²) in [5, 5.41) is 25.8. The summed E-state index contributed by atoms with van der Waals surface area (Å²) < 4.78 is 20.4. The molecule has 8 aliphatic rings. The monoisotopic (exact) mass is 599 g/mol. The van der Waals surface area contributed by atoms with Crippen molar-refractivity contribution in [3.63, 3.8) is 0 Å². The molecule has 1 aromatic carbocycles. The van der Waals surface area contributed by atoms with Crippen molar-refractivity contribution < 1.29 is 29.2 Å². The van der Waals surface area contributed by atoms with Crippen LogP contribution in [0.15, 0.2) is 24.3 Å². The summed E-state index contributed by atoms with van der Waals surface area (Å²) in [6, 6.07) is 4.19. The summed E-state index contributed by atoms with van der Waals surface area (Å²) in [5.41, 5.74) is 2.91. The van der Waals surface area contributed by atoms with Crippen molar-refractivity contribution in [3.05, 3.63) is 46.7 Å². The second kappa shape index (κ2) is 7.57. The van der Waals surface area contributed by atoms with Crippen molar-refractivity contribution in [2.45, 2.75) is 132 Å². The molecular formula is C37H45NO6. The molecule has 3 saturated carbocycles. The third-order valence-corrected chi connectivity index (χ3v) is 15.4. The molecule has 1 aromatic heterocycles. The van der Waals surface area contributed by atoms with Crippen LogP contribution < -0.4 is 0 Å². The maximum absolute atomic E-state index is 13.8. The van der Waals surface area contributed by atoms with Crippen LogP contribution in [0, 0.1) is 29.1 Å². The number of H-pyrrole nitrogens is 1. The summed E-state index contributed by atoms with van der Waals surface area (Å²) in [6.07, 6.45) is 1.65. The number of aromatic nitrogens is 1. The molecule has 2 aromatic rings. The quantitative estimate of drug-likeness (QED) is 0.290. The van der Waals surface area contributed by atoms with Crippen LogP contribution in [0.3, 0.4) is 0 Å². The van der Waals surface area contributed by atoms with E-state index in [1.54, 1.807) is 0 Å². The Morgan fingerprint density at radius 2 is 1.84 bits per heavy atom. The Hall–Kier alpha value is -2.03. The summed E-state index contributed by atoms with van der Waals surface area (Å²) in [6.45, 7) is 17.3. The van der Waals surface area contributed by atoms with Gasteiger partial charge in [-0.2, -0.15) is 0 Å². The van der Waals surface area contributed by atoms with Gasteiger partial charge in [0.2, 0.25) is 0 Å². The first-order valence-electron chi connectivity index (χ1n) is 17.0. The van der Waals surface area contributed by atoms with Crippen molar-refractivity contribution in [1.29, 1.82) is 0 Å². The van der Waals surface area contributed by atoms with Gasteiger partial charge in [-0.25, -0.2) is 0 Å². The average Bonchev–Trinajstić information content (AvgIpc) is 3.53. The SMILES string of the molecule is C=C(C)[C@H]1O[C@H]2CC[C@@]3(C)[C@@](O)(CC[C@H]4[C@@H]5OC(C)(C)[C@H]6C[C@H]7[C@@H]6c6c(ccc8[nH]c(c5c68)[C@@]43C)C(=O)[C@@H]7C)[C@@]23O[C@@H]3[C@H]1O. The van der Waals surface area contributed by atoms with E-state index in [-0.39, 0.29) is 35.4 Å². The maximum Gasteiger partial charge on any atom is 0.166 e. The number of nitrogens with one attached hydrogen (secondary N) is 1. The zero-order chi connectivity index (χ0) is 30.7. The number of hydrogen-bond acceptors (Lipinski definition) is 6. The smallest absolute Gasteiger partial charge is 0.166 e. The number of epoxide rings is 1. The fraction of sp³-hybridized carbons (Fsp3) is 0.703. The molecule has 0 bridgehead atoms. The predicted molar refractivity (Wildman–Crippen MR) is 163 cm³/mol. The van der Waals surface area contributed by atoms with E-state index in [0.717, 1.165) is 48.0 Å². The van der Waals surface area contributed by atoms with Gasteiger partial charge in [0.05, 0.1) is 17.8 Å². The molecule has 3 aliphatic heterocycles. The molecule has 10 rings (SSSR count). The molecule has 0 radical (unpaired) electrons. The molecule has 14 atom stereocenters. The number of aliphatic hydroxyl groups excluding tert-OH is 1. The number of aromatic amines is 1. The Morgan fingerprint density at radius 1 is 1.07 bits per heavy atom. The van der Waals surface area contributed by atoms with Crippen molar-refractivity contribution >= 4 is 16.7 Å². The van der Waals surface area contributed by atoms with E-state index in [0.29, 0.717) is 24.2 Å². The summed E-state index contributed by atoms with van der Waals surface area (Å²) in [5.74, 6) is 1.51. The van der Waals surface area contributed by atoms with Gasteiger partial charge in [0, 0.05) is 50.4 Å². The fourth-order valence-corrected chi connectivity index (χ4v) is 12.9. The van der Waals surface area contributed by atoms with Gasteiger partial charge >= 0.3 is 0 Å². The number of aliphatic hydroxyl groups is 2. The van der Waals surface area contributed by atoms with Crippen LogP contribution in [0.1, 0.15) is 113 Å². The van der Waals surface area contributed by atoms with E-state index in [1.165, 1.54) is 16.5 Å². The number of carbonyl (C=O) groups is 1. The topological polar surface area (TPSA) is 104 Å². The molecule has 234 valence electrons. The molecule has 5 fully saturated rings. The third kappa shape index (κ3) is 2.50. The highest BCUT2D eigenvalue weighted by atomic mass is 16.7. The second-order valence-electron chi connectivity index (χ2n) is 17.0. The summed E-state index contributed by atoms with van der Waals surface area (Å²) >= 11 is 0. The second-order valence-corrected chi connectivity index (χ2v) is 17.0. The van der Waals surface area contributed by atoms with Crippen LogP contribution in [-0.4, -0.2) is 62.2 Å². The molecule has 4 heterocycles. The van der Waals surface area contributed by atoms with E-state index < -0.39 is 40.3 Å². The van der Waals surface area contributed by atoms with Gasteiger partial charge in [-0.1, -0.05) is 27.4 Å². The normalized spacial score (nSPS) is 53.4. The van der Waals surface area contributed by atoms with Crippen LogP contribution in [0.5, 0.6) is 0 Å². The molecule has 3 N–H and O–H groups in total. The largest absolute Gasteiger partial charge is 0.387 e. The van der Waals surface area contributed by atoms with Crippen molar-refractivity contribution in [1.82, 2.24) is 4.98 Å². The van der Waals surface area contributed by atoms with E-state index in [1.807, 2.05) is 6.92 Å². The summed E-state index contributed by atoms with van der Waals surface area (Å²) in [7, 11) is 0. The summed E-state index contributed by atoms with van der Waals surface area (Å²) in [4.78, 5) is 17.7. The molecule has 7 nitrogen and oxygen atoms in total. The zero-order valence-corrected chi connectivity index (χ0v) is 26.7. The van der Waals surface area contributed by atoms with Crippen molar-refractivity contribution in [2.24, 2.45) is 29.1 Å². The molecule has 0 amide bonds. The average molecular weight is 600 g/mol. The zero-order valence-electron chi connectivity index (χ0n) is 26.7. The van der Waals surface area contributed by atoms with Gasteiger partial charge in [0.15, 0.2) is 11.4 Å². The number of carbonyl (C=O) groups excluding carboxylic acids is 1. The Morgan fingerprint density at radius 3 is 2.59 bits per heavy atom. The molecule has 7 heteroatoms. The van der Waals surface area contributed by atoms with Crippen molar-refractivity contribution in [2.75, 3.05) is 0 Å². The Balaban J connectivity index is 1.19. The van der Waals surface area contributed by atoms with Crippen LogP contribution in [0.2, 0.25) is 0 Å². The predicted octanol–water partition coefficient (Wildman–Crippen LogP) is 5.62. The van der Waals surface area contributed by atoms with Gasteiger partial charge in [0.1, 0.15) is 23.9 Å². The number of hydrogen-bond donors (Lipinski definition) is 3. The molecule has 1 spiro atoms. The molecule has 2 saturated heterocycles. The first kappa shape index (κ1) is 27.1. The van der Waals surface area contributed by atoms with Crippen LogP contribution >= 0.6 is 0 Å². The first-order chi connectivity index (χ1) is 20.7. The minimum atomic E-state index is -1.20. The number of Topliss-reactive ketones (excluding diaryl/α,β-unsaturated/α-hetero) is 1. The lowest BCUT2D eigenvalue weighted by molar-refractivity contribution is -0.275. The number of ketones is 1. The van der Waals surface area contributed by atoms with E-state index in [9.17, 15) is 15.0 Å². The molecule has 0 unspecified atom stereocenters. The standard InChI is InChI=1S/C37H45NO6/c1-15(2)29-28(40)32-37(44-32)22(42-29)11-12-34(6)35(7)19(10-13-36(34,37)41)30-26-25-21(38-31(26)35)9-8-17-24(25)23-18(16(3)27(17)39)14-20(23)33(4,5)43-30/h8-9,16,18-20,22-23,28-30,32,38,40-41H,1,10-14H2,2-7H3/t16-,18-,19+,20+,22+,23+,28+,29-,30+,32-,34-,35-,36+,37-/m1/s1. The van der Waals surface area contributed by atoms with Gasteiger partial charge in [-0.15, -0.1) is 0 Å². The maximum atomic E-state index is 13.8. The fourth-order valence-electron chi connectivity index (χ4n) is 12.9. The van der Waals surface area contributed by atoms with Gasteiger partial charge in [0.25, 0.3) is 0 Å². The molecule has 5 aliphatic carbocycles. The minimum Gasteiger partial charge on any atom is -0.387 e. The van der Waals surface area contributed by atoms with Crippen LogP contribution in [0.25, 0.3) is 10.9 Å². The third-order valence-electron chi connectivity index (χ3n) is 15.4. The van der Waals surface area contributed by atoms with Gasteiger partial charge in [-0.05, 0) is 93.9 Å². The van der Waals surface area contributed by atoms with Crippen LogP contribution in [-0.2, 0) is 19.6 Å². The van der Waals surface area contributed by atoms with Gasteiger partial charge in [-0.3, -0.25) is 4.79 Å². The minimum absolute atomic E-state index is 0.0340. The van der Waals surface area contributed by atoms with Crippen LogP contribution in [0.4, 0.5) is 0 Å². The molecule has 44 heavy (non-hydrogen) atoms. The highest BCUT2D eigenvalue weighted by molar-refractivity contribution is 6.07. The highest BCUT2D eigenvalue weighted by Gasteiger charge is 2.86. The van der Waals surface area contributed by atoms with E-state index >= 15 is 0 Å². The number of benzene rings is 1. The van der Waals surface area contributed by atoms with Crippen molar-refractivity contribution in [3.8, 4) is 0 Å². The highest BCUT2D eigenvalue weighted by Crippen LogP contribution is 2.77. The first-order valence-corrected chi connectivity index (χ1v) is 17.0. The lowest BCUT2D eigenvalue weighted by Crippen LogP contribution is -2.76. The molecular weight excluding hydrogens is 554 g/mol. The number of ether oxygens (including phenoxy) is 3. The Kier molecular flexibility index (Phi) is 4.67. The Bertz CT molecular complexity index is 1730.